The lowest BCUT2D eigenvalue weighted by atomic mass is 10.1. The molecule has 1 N–H and O–H groups in total. The summed E-state index contributed by atoms with van der Waals surface area (Å²) in [6.07, 6.45) is -3.59. The first-order chi connectivity index (χ1) is 18.3. The third-order valence-electron chi connectivity index (χ3n) is 7.15. The molecule has 4 aromatic rings. The van der Waals surface area contributed by atoms with E-state index >= 15 is 0 Å². The molecule has 2 saturated heterocycles. The molecule has 38 heavy (non-hydrogen) atoms. The van der Waals surface area contributed by atoms with Gasteiger partial charge in [-0.3, -0.25) is 9.59 Å². The summed E-state index contributed by atoms with van der Waals surface area (Å²) in [5, 5.41) is 6.14. The summed E-state index contributed by atoms with van der Waals surface area (Å²) < 4.78 is 41.0. The zero-order valence-corrected chi connectivity index (χ0v) is 21.0. The number of benzene rings is 2. The molecule has 4 heterocycles. The average molecular weight is 540 g/mol. The second-order valence-corrected chi connectivity index (χ2v) is 10.4. The summed E-state index contributed by atoms with van der Waals surface area (Å²) in [5.41, 5.74) is 3.04. The predicted molar refractivity (Wildman–Crippen MR) is 138 cm³/mol. The zero-order chi connectivity index (χ0) is 26.4. The first-order valence-corrected chi connectivity index (χ1v) is 13.2. The molecule has 2 aromatic heterocycles. The number of fused-ring (bicyclic) bond motifs is 1. The molecule has 6 rings (SSSR count). The minimum absolute atomic E-state index is 0.0583. The Bertz CT molecular complexity index is 1480. The Kier molecular flexibility index (Phi) is 6.19. The Morgan fingerprint density at radius 3 is 2.39 bits per heavy atom. The Balaban J connectivity index is 1.14. The molecule has 7 nitrogen and oxygen atoms in total. The molecule has 2 aliphatic heterocycles. The summed E-state index contributed by atoms with van der Waals surface area (Å²) >= 11 is 1.40. The molecule has 1 atom stereocenters. The maximum absolute atomic E-state index is 13.5. The first kappa shape index (κ1) is 24.6. The van der Waals surface area contributed by atoms with E-state index in [0.717, 1.165) is 29.5 Å². The molecular weight excluding hydrogens is 515 g/mol. The lowest BCUT2D eigenvalue weighted by Crippen LogP contribution is -2.62. The highest BCUT2D eigenvalue weighted by Gasteiger charge is 2.37. The van der Waals surface area contributed by atoms with Crippen molar-refractivity contribution in [3.05, 3.63) is 82.4 Å². The van der Waals surface area contributed by atoms with Gasteiger partial charge in [0.25, 0.3) is 11.8 Å². The van der Waals surface area contributed by atoms with E-state index in [1.54, 1.807) is 31.3 Å². The maximum atomic E-state index is 13.5. The highest BCUT2D eigenvalue weighted by atomic mass is 32.1. The number of thiazole rings is 1. The summed E-state index contributed by atoms with van der Waals surface area (Å²) in [6, 6.07) is 14.3. The van der Waals surface area contributed by atoms with Crippen LogP contribution in [0.5, 0.6) is 0 Å². The minimum Gasteiger partial charge on any atom is -0.336 e. The third-order valence-corrected chi connectivity index (χ3v) is 7.74. The molecule has 2 amide bonds. The van der Waals surface area contributed by atoms with E-state index in [1.807, 2.05) is 24.3 Å². The molecule has 2 aromatic carbocycles. The van der Waals surface area contributed by atoms with E-state index in [9.17, 15) is 22.8 Å². The van der Waals surface area contributed by atoms with Gasteiger partial charge in [0.2, 0.25) is 0 Å². The summed E-state index contributed by atoms with van der Waals surface area (Å²) in [5.74, 6) is -0.233. The number of alkyl halides is 3. The molecule has 0 unspecified atom stereocenters. The molecule has 0 radical (unpaired) electrons. The van der Waals surface area contributed by atoms with Crippen LogP contribution in [-0.2, 0) is 6.18 Å². The van der Waals surface area contributed by atoms with Crippen LogP contribution in [0.4, 0.5) is 13.2 Å². The van der Waals surface area contributed by atoms with Crippen LogP contribution in [0.1, 0.15) is 33.0 Å². The monoisotopic (exact) mass is 539 g/mol. The number of carbonyl (C=O) groups is 2. The van der Waals surface area contributed by atoms with Gasteiger partial charge in [-0.2, -0.15) is 13.2 Å². The quantitative estimate of drug-likeness (QED) is 0.407. The molecule has 0 aliphatic carbocycles. The number of nitrogens with zero attached hydrogens (tertiary/aromatic N) is 4. The van der Waals surface area contributed by atoms with Gasteiger partial charge in [-0.25, -0.2) is 4.98 Å². The molecule has 0 saturated carbocycles. The SMILES string of the molecule is O=C(c1cscn1)N1CC[C@H](NC2CN(C(=O)c3cc4ccccc4n3-c3ccc(C(F)(F)F)cc3)C2)C1. The Labute approximate surface area is 220 Å². The van der Waals surface area contributed by atoms with E-state index in [4.69, 9.17) is 0 Å². The van der Waals surface area contributed by atoms with Crippen molar-refractivity contribution in [3.8, 4) is 5.69 Å². The van der Waals surface area contributed by atoms with Gasteiger partial charge in [-0.05, 0) is 42.8 Å². The second-order valence-electron chi connectivity index (χ2n) is 9.65. The highest BCUT2D eigenvalue weighted by molar-refractivity contribution is 7.07. The van der Waals surface area contributed by atoms with Crippen molar-refractivity contribution < 1.29 is 22.8 Å². The molecule has 2 aliphatic rings. The molecule has 2 fully saturated rings. The number of halogens is 3. The van der Waals surface area contributed by atoms with Crippen LogP contribution < -0.4 is 5.32 Å². The van der Waals surface area contributed by atoms with Crippen LogP contribution in [0, 0.1) is 0 Å². The van der Waals surface area contributed by atoms with E-state index in [-0.39, 0.29) is 23.9 Å². The van der Waals surface area contributed by atoms with Gasteiger partial charge in [0.1, 0.15) is 11.4 Å². The van der Waals surface area contributed by atoms with Gasteiger partial charge >= 0.3 is 6.18 Å². The Morgan fingerprint density at radius 2 is 1.68 bits per heavy atom. The van der Waals surface area contributed by atoms with Crippen molar-refractivity contribution in [1.29, 1.82) is 0 Å². The fourth-order valence-corrected chi connectivity index (χ4v) is 5.72. The number of rotatable bonds is 5. The van der Waals surface area contributed by atoms with Gasteiger partial charge in [0, 0.05) is 54.7 Å². The zero-order valence-electron chi connectivity index (χ0n) is 20.2. The fourth-order valence-electron chi connectivity index (χ4n) is 5.20. The number of hydrogen-bond donors (Lipinski definition) is 1. The number of nitrogens with one attached hydrogen (secondary N) is 1. The van der Waals surface area contributed by atoms with Crippen molar-refractivity contribution >= 4 is 34.1 Å². The summed E-state index contributed by atoms with van der Waals surface area (Å²) in [4.78, 5) is 33.7. The number of hydrogen-bond acceptors (Lipinski definition) is 5. The smallest absolute Gasteiger partial charge is 0.336 e. The normalized spacial score (nSPS) is 18.2. The van der Waals surface area contributed by atoms with Crippen molar-refractivity contribution in [2.24, 2.45) is 0 Å². The molecule has 11 heteroatoms. The molecule has 196 valence electrons. The number of aromatic nitrogens is 2. The number of amides is 2. The van der Waals surface area contributed by atoms with Gasteiger partial charge in [0.05, 0.1) is 16.6 Å². The Morgan fingerprint density at radius 1 is 0.947 bits per heavy atom. The van der Waals surface area contributed by atoms with Crippen LogP contribution in [0.3, 0.4) is 0 Å². The standard InChI is InChI=1S/C27H24F3N5O2S/c28-27(29,30)18-5-7-21(8-6-18)35-23-4-2-1-3-17(23)11-24(35)26(37)34-13-20(14-34)32-19-9-10-33(12-19)25(36)22-15-38-16-31-22/h1-8,11,15-16,19-20,32H,9-10,12-14H2/t19-/m0/s1. The van der Waals surface area contributed by atoms with Crippen molar-refractivity contribution in [2.75, 3.05) is 26.2 Å². The molecular formula is C27H24F3N5O2S. The van der Waals surface area contributed by atoms with E-state index in [1.165, 1.54) is 23.5 Å². The van der Waals surface area contributed by atoms with Crippen molar-refractivity contribution in [3.63, 3.8) is 0 Å². The van der Waals surface area contributed by atoms with Crippen molar-refractivity contribution in [1.82, 2.24) is 24.7 Å². The molecule has 0 bridgehead atoms. The van der Waals surface area contributed by atoms with E-state index < -0.39 is 11.7 Å². The largest absolute Gasteiger partial charge is 0.416 e. The lowest BCUT2D eigenvalue weighted by molar-refractivity contribution is -0.137. The lowest BCUT2D eigenvalue weighted by Gasteiger charge is -2.41. The summed E-state index contributed by atoms with van der Waals surface area (Å²) in [6.45, 7) is 2.30. The molecule has 0 spiro atoms. The highest BCUT2D eigenvalue weighted by Crippen LogP contribution is 2.32. The van der Waals surface area contributed by atoms with Crippen molar-refractivity contribution in [2.45, 2.75) is 24.7 Å². The van der Waals surface area contributed by atoms with Gasteiger partial charge < -0.3 is 19.7 Å². The number of likely N-dealkylation sites (tertiary alicyclic amines) is 2. The second kappa shape index (κ2) is 9.55. The predicted octanol–water partition coefficient (Wildman–Crippen LogP) is 4.43. The van der Waals surface area contributed by atoms with Gasteiger partial charge in [0.15, 0.2) is 0 Å². The van der Waals surface area contributed by atoms with E-state index in [0.29, 0.717) is 43.3 Å². The number of para-hydroxylation sites is 1. The van der Waals surface area contributed by atoms with Gasteiger partial charge in [-0.15, -0.1) is 11.3 Å². The summed E-state index contributed by atoms with van der Waals surface area (Å²) in [7, 11) is 0. The third kappa shape index (κ3) is 4.56. The van der Waals surface area contributed by atoms with Crippen LogP contribution in [-0.4, -0.2) is 69.4 Å². The maximum Gasteiger partial charge on any atom is 0.416 e. The topological polar surface area (TPSA) is 70.5 Å². The average Bonchev–Trinajstić information content (AvgIpc) is 3.64. The Hall–Kier alpha value is -3.70. The minimum atomic E-state index is -4.43. The number of carbonyl (C=O) groups excluding carboxylic acids is 2. The van der Waals surface area contributed by atoms with Crippen LogP contribution in [0.2, 0.25) is 0 Å². The van der Waals surface area contributed by atoms with Crippen LogP contribution in [0.15, 0.2) is 65.5 Å². The van der Waals surface area contributed by atoms with Crippen LogP contribution in [0.25, 0.3) is 16.6 Å². The van der Waals surface area contributed by atoms with E-state index in [2.05, 4.69) is 10.3 Å². The fraction of sp³-hybridized carbons (Fsp3) is 0.296. The van der Waals surface area contributed by atoms with Crippen LogP contribution >= 0.6 is 11.3 Å². The first-order valence-electron chi connectivity index (χ1n) is 12.3. The van der Waals surface area contributed by atoms with Gasteiger partial charge in [-0.1, -0.05) is 18.2 Å².